The van der Waals surface area contributed by atoms with E-state index in [1.807, 2.05) is 16.8 Å². The van der Waals surface area contributed by atoms with Crippen molar-refractivity contribution in [3.8, 4) is 9.88 Å². The quantitative estimate of drug-likeness (QED) is 0.910. The normalized spacial score (nSPS) is 22.1. The van der Waals surface area contributed by atoms with E-state index in [-0.39, 0.29) is 11.9 Å². The van der Waals surface area contributed by atoms with Gasteiger partial charge in [-0.2, -0.15) is 0 Å². The van der Waals surface area contributed by atoms with E-state index in [4.69, 9.17) is 5.73 Å². The Bertz CT molecular complexity index is 586. The van der Waals surface area contributed by atoms with Crippen molar-refractivity contribution in [2.45, 2.75) is 44.2 Å². The Morgan fingerprint density at radius 3 is 2.86 bits per heavy atom. The standard InChI is InChI=1S/C15H19N3OS2/c16-10-3-5-11(6-4-10)17-14(19)8-12-9-21-15(18-12)13-2-1-7-20-13/h1-2,7,9-11H,3-6,8,16H2,(H,17,19). The van der Waals surface area contributed by atoms with E-state index < -0.39 is 0 Å². The fourth-order valence-electron chi connectivity index (χ4n) is 2.61. The Balaban J connectivity index is 1.53. The molecular formula is C15H19N3OS2. The van der Waals surface area contributed by atoms with Crippen LogP contribution < -0.4 is 11.1 Å². The first-order chi connectivity index (χ1) is 10.2. The molecule has 1 saturated carbocycles. The third-order valence-corrected chi connectivity index (χ3v) is 5.69. The minimum Gasteiger partial charge on any atom is -0.353 e. The molecule has 1 aliphatic rings. The van der Waals surface area contributed by atoms with Gasteiger partial charge < -0.3 is 11.1 Å². The van der Waals surface area contributed by atoms with Gasteiger partial charge in [-0.25, -0.2) is 4.98 Å². The summed E-state index contributed by atoms with van der Waals surface area (Å²) in [5.74, 6) is 0.0681. The van der Waals surface area contributed by atoms with Crippen molar-refractivity contribution in [2.75, 3.05) is 0 Å². The monoisotopic (exact) mass is 321 g/mol. The summed E-state index contributed by atoms with van der Waals surface area (Å²) in [6, 6.07) is 4.66. The highest BCUT2D eigenvalue weighted by molar-refractivity contribution is 7.20. The lowest BCUT2D eigenvalue weighted by atomic mass is 9.92. The maximum Gasteiger partial charge on any atom is 0.226 e. The van der Waals surface area contributed by atoms with E-state index >= 15 is 0 Å². The van der Waals surface area contributed by atoms with Crippen molar-refractivity contribution in [3.63, 3.8) is 0 Å². The first-order valence-electron chi connectivity index (χ1n) is 7.24. The summed E-state index contributed by atoms with van der Waals surface area (Å²) < 4.78 is 0. The summed E-state index contributed by atoms with van der Waals surface area (Å²) in [5, 5.41) is 8.12. The summed E-state index contributed by atoms with van der Waals surface area (Å²) in [4.78, 5) is 17.8. The second-order valence-electron chi connectivity index (χ2n) is 5.48. The zero-order valence-corrected chi connectivity index (χ0v) is 13.4. The zero-order valence-electron chi connectivity index (χ0n) is 11.7. The van der Waals surface area contributed by atoms with Crippen LogP contribution in [0.15, 0.2) is 22.9 Å². The van der Waals surface area contributed by atoms with Gasteiger partial charge in [0.2, 0.25) is 5.91 Å². The molecule has 6 heteroatoms. The van der Waals surface area contributed by atoms with Gasteiger partial charge >= 0.3 is 0 Å². The molecule has 0 radical (unpaired) electrons. The van der Waals surface area contributed by atoms with Gasteiger partial charge in [0.05, 0.1) is 17.0 Å². The molecule has 0 unspecified atom stereocenters. The van der Waals surface area contributed by atoms with Crippen LogP contribution in [-0.2, 0) is 11.2 Å². The molecule has 3 N–H and O–H groups in total. The molecule has 1 aliphatic carbocycles. The smallest absolute Gasteiger partial charge is 0.226 e. The molecule has 4 nitrogen and oxygen atoms in total. The Hall–Kier alpha value is -1.24. The van der Waals surface area contributed by atoms with Crippen LogP contribution >= 0.6 is 22.7 Å². The molecule has 0 atom stereocenters. The predicted octanol–water partition coefficient (Wildman–Crippen LogP) is 2.80. The maximum absolute atomic E-state index is 12.1. The molecule has 0 bridgehead atoms. The number of amides is 1. The Morgan fingerprint density at radius 2 is 2.14 bits per heavy atom. The summed E-state index contributed by atoms with van der Waals surface area (Å²) in [6.45, 7) is 0. The number of nitrogens with one attached hydrogen (secondary N) is 1. The molecular weight excluding hydrogens is 302 g/mol. The molecule has 1 fully saturated rings. The number of carbonyl (C=O) groups excluding carboxylic acids is 1. The largest absolute Gasteiger partial charge is 0.353 e. The third-order valence-electron chi connectivity index (χ3n) is 3.76. The topological polar surface area (TPSA) is 68.0 Å². The van der Waals surface area contributed by atoms with E-state index in [9.17, 15) is 4.79 Å². The van der Waals surface area contributed by atoms with Crippen molar-refractivity contribution < 1.29 is 4.79 Å². The number of nitrogens with zero attached hydrogens (tertiary/aromatic N) is 1. The number of hydrogen-bond donors (Lipinski definition) is 2. The van der Waals surface area contributed by atoms with Crippen molar-refractivity contribution in [1.29, 1.82) is 0 Å². The van der Waals surface area contributed by atoms with Crippen LogP contribution in [0.25, 0.3) is 9.88 Å². The summed E-state index contributed by atoms with van der Waals surface area (Å²) in [6.07, 6.45) is 4.35. The van der Waals surface area contributed by atoms with Crippen LogP contribution in [0, 0.1) is 0 Å². The highest BCUT2D eigenvalue weighted by atomic mass is 32.1. The first-order valence-corrected chi connectivity index (χ1v) is 9.00. The van der Waals surface area contributed by atoms with Gasteiger partial charge in [-0.05, 0) is 37.1 Å². The fourth-order valence-corrected chi connectivity index (χ4v) is 4.24. The molecule has 2 aromatic heterocycles. The molecule has 0 spiro atoms. The molecule has 0 saturated heterocycles. The maximum atomic E-state index is 12.1. The van der Waals surface area contributed by atoms with E-state index in [0.29, 0.717) is 12.5 Å². The Morgan fingerprint density at radius 1 is 1.33 bits per heavy atom. The number of thiazole rings is 1. The highest BCUT2D eigenvalue weighted by Gasteiger charge is 2.20. The molecule has 21 heavy (non-hydrogen) atoms. The van der Waals surface area contributed by atoms with Crippen LogP contribution in [0.4, 0.5) is 0 Å². The number of nitrogens with two attached hydrogens (primary N) is 1. The second-order valence-corrected chi connectivity index (χ2v) is 7.28. The first kappa shape index (κ1) is 14.7. The molecule has 2 aromatic rings. The highest BCUT2D eigenvalue weighted by Crippen LogP contribution is 2.27. The third kappa shape index (κ3) is 3.90. The summed E-state index contributed by atoms with van der Waals surface area (Å²) >= 11 is 3.27. The Kier molecular flexibility index (Phi) is 4.67. The van der Waals surface area contributed by atoms with Gasteiger partial charge in [-0.1, -0.05) is 6.07 Å². The van der Waals surface area contributed by atoms with Crippen LogP contribution in [-0.4, -0.2) is 23.0 Å². The number of rotatable bonds is 4. The van der Waals surface area contributed by atoms with Gasteiger partial charge in [0.15, 0.2) is 0 Å². The van der Waals surface area contributed by atoms with Gasteiger partial charge in [0, 0.05) is 17.5 Å². The van der Waals surface area contributed by atoms with E-state index in [1.165, 1.54) is 0 Å². The predicted molar refractivity (Wildman–Crippen MR) is 87.5 cm³/mol. The number of hydrogen-bond acceptors (Lipinski definition) is 5. The van der Waals surface area contributed by atoms with Crippen LogP contribution in [0.5, 0.6) is 0 Å². The van der Waals surface area contributed by atoms with Gasteiger partial charge in [-0.15, -0.1) is 22.7 Å². The van der Waals surface area contributed by atoms with Crippen molar-refractivity contribution in [1.82, 2.24) is 10.3 Å². The number of aromatic nitrogens is 1. The lowest BCUT2D eigenvalue weighted by molar-refractivity contribution is -0.121. The van der Waals surface area contributed by atoms with Crippen LogP contribution in [0.2, 0.25) is 0 Å². The number of carbonyl (C=O) groups is 1. The molecule has 0 aromatic carbocycles. The molecule has 2 heterocycles. The average Bonchev–Trinajstić information content (AvgIpc) is 3.12. The molecule has 0 aliphatic heterocycles. The average molecular weight is 321 g/mol. The minimum atomic E-state index is 0.0681. The zero-order chi connectivity index (χ0) is 14.7. The van der Waals surface area contributed by atoms with Crippen LogP contribution in [0.3, 0.4) is 0 Å². The molecule has 1 amide bonds. The van der Waals surface area contributed by atoms with E-state index in [1.54, 1.807) is 22.7 Å². The summed E-state index contributed by atoms with van der Waals surface area (Å²) in [5.41, 5.74) is 6.74. The molecule has 112 valence electrons. The SMILES string of the molecule is NC1CCC(NC(=O)Cc2csc(-c3cccs3)n2)CC1. The Labute approximate surface area is 132 Å². The minimum absolute atomic E-state index is 0.0681. The lowest BCUT2D eigenvalue weighted by Gasteiger charge is -2.26. The van der Waals surface area contributed by atoms with E-state index in [0.717, 1.165) is 41.3 Å². The molecule has 3 rings (SSSR count). The van der Waals surface area contributed by atoms with Crippen molar-refractivity contribution in [3.05, 3.63) is 28.6 Å². The van der Waals surface area contributed by atoms with Crippen LogP contribution in [0.1, 0.15) is 31.4 Å². The van der Waals surface area contributed by atoms with Gasteiger partial charge in [0.1, 0.15) is 5.01 Å². The van der Waals surface area contributed by atoms with Crippen molar-refractivity contribution >= 4 is 28.6 Å². The van der Waals surface area contributed by atoms with Crippen molar-refractivity contribution in [2.24, 2.45) is 5.73 Å². The lowest BCUT2D eigenvalue weighted by Crippen LogP contribution is -2.41. The fraction of sp³-hybridized carbons (Fsp3) is 0.467. The van der Waals surface area contributed by atoms with Gasteiger partial charge in [0.25, 0.3) is 0 Å². The summed E-state index contributed by atoms with van der Waals surface area (Å²) in [7, 11) is 0. The second kappa shape index (κ2) is 6.68. The van der Waals surface area contributed by atoms with E-state index in [2.05, 4.69) is 16.4 Å². The van der Waals surface area contributed by atoms with Gasteiger partial charge in [-0.3, -0.25) is 4.79 Å². The number of thiophene rings is 1.